The summed E-state index contributed by atoms with van der Waals surface area (Å²) < 4.78 is 6.90. The molecule has 7 nitrogen and oxygen atoms in total. The number of likely N-dealkylation sites (tertiary alicyclic amines) is 1. The largest absolute Gasteiger partial charge is 0.481 e. The Morgan fingerprint density at radius 2 is 2.08 bits per heavy atom. The molecule has 1 aromatic heterocycles. The lowest BCUT2D eigenvalue weighted by molar-refractivity contribution is -0.159. The molecule has 1 aromatic rings. The normalized spacial score (nSPS) is 22.5. The highest BCUT2D eigenvalue weighted by molar-refractivity contribution is 5.85. The molecule has 2 rings (SSSR count). The molecule has 0 aliphatic carbocycles. The van der Waals surface area contributed by atoms with Crippen LogP contribution in [0.5, 0.6) is 0 Å². The van der Waals surface area contributed by atoms with E-state index in [1.54, 1.807) is 9.58 Å². The molecular formula is C17H27N3O4. The van der Waals surface area contributed by atoms with E-state index in [-0.39, 0.29) is 25.0 Å². The van der Waals surface area contributed by atoms with E-state index in [1.165, 1.54) is 7.11 Å². The van der Waals surface area contributed by atoms with Gasteiger partial charge in [-0.3, -0.25) is 14.3 Å². The molecule has 134 valence electrons. The predicted octanol–water partition coefficient (Wildman–Crippen LogP) is 1.48. The van der Waals surface area contributed by atoms with Crippen molar-refractivity contribution in [3.8, 4) is 0 Å². The second-order valence-electron chi connectivity index (χ2n) is 6.81. The smallest absolute Gasteiger partial charge is 0.313 e. The van der Waals surface area contributed by atoms with Gasteiger partial charge in [-0.1, -0.05) is 0 Å². The highest BCUT2D eigenvalue weighted by Gasteiger charge is 2.44. The molecule has 2 unspecified atom stereocenters. The number of nitrogens with zero attached hydrogens (tertiary/aromatic N) is 3. The van der Waals surface area contributed by atoms with Gasteiger partial charge >= 0.3 is 5.97 Å². The van der Waals surface area contributed by atoms with Crippen LogP contribution in [0.25, 0.3) is 0 Å². The second kappa shape index (κ2) is 6.93. The number of ether oxygens (including phenoxy) is 1. The molecule has 24 heavy (non-hydrogen) atoms. The van der Waals surface area contributed by atoms with Crippen LogP contribution in [0.15, 0.2) is 0 Å². The van der Waals surface area contributed by atoms with Crippen molar-refractivity contribution in [2.45, 2.75) is 39.5 Å². The first-order chi connectivity index (χ1) is 11.2. The Bertz CT molecular complexity index is 636. The SMILES string of the molecule is COCC1(C(=O)O)CCCN(C(=O)C(C)c2c(C)nn(C)c2C)C1. The quantitative estimate of drug-likeness (QED) is 0.880. The number of carbonyl (C=O) groups is 2. The highest BCUT2D eigenvalue weighted by atomic mass is 16.5. The molecular weight excluding hydrogens is 310 g/mol. The van der Waals surface area contributed by atoms with E-state index >= 15 is 0 Å². The van der Waals surface area contributed by atoms with Crippen molar-refractivity contribution in [1.29, 1.82) is 0 Å². The lowest BCUT2D eigenvalue weighted by Gasteiger charge is -2.40. The fourth-order valence-corrected chi connectivity index (χ4v) is 3.76. The maximum Gasteiger partial charge on any atom is 0.313 e. The van der Waals surface area contributed by atoms with Crippen molar-refractivity contribution in [3.05, 3.63) is 17.0 Å². The number of carbonyl (C=O) groups excluding carboxylic acids is 1. The number of aromatic nitrogens is 2. The maximum atomic E-state index is 13.0. The van der Waals surface area contributed by atoms with Gasteiger partial charge in [0.05, 0.1) is 18.2 Å². The van der Waals surface area contributed by atoms with Crippen LogP contribution in [0.2, 0.25) is 0 Å². The average Bonchev–Trinajstić information content (AvgIpc) is 2.79. The summed E-state index contributed by atoms with van der Waals surface area (Å²) in [6, 6.07) is 0. The van der Waals surface area contributed by atoms with E-state index in [4.69, 9.17) is 4.74 Å². The number of carboxylic acids is 1. The Morgan fingerprint density at radius 3 is 2.58 bits per heavy atom. The van der Waals surface area contributed by atoms with Gasteiger partial charge in [0, 0.05) is 38.5 Å². The van der Waals surface area contributed by atoms with Gasteiger partial charge in [0.15, 0.2) is 0 Å². The molecule has 0 saturated carbocycles. The molecule has 2 heterocycles. The summed E-state index contributed by atoms with van der Waals surface area (Å²) in [6.45, 7) is 6.60. The van der Waals surface area contributed by atoms with E-state index in [0.29, 0.717) is 19.4 Å². The Kier molecular flexibility index (Phi) is 5.32. The van der Waals surface area contributed by atoms with Crippen LogP contribution in [0.4, 0.5) is 0 Å². The molecule has 1 amide bonds. The Balaban J connectivity index is 2.24. The van der Waals surface area contributed by atoms with Crippen LogP contribution in [-0.2, 0) is 21.4 Å². The summed E-state index contributed by atoms with van der Waals surface area (Å²) in [5, 5.41) is 14.0. The summed E-state index contributed by atoms with van der Waals surface area (Å²) in [5.74, 6) is -1.29. The Morgan fingerprint density at radius 1 is 1.42 bits per heavy atom. The first-order valence-corrected chi connectivity index (χ1v) is 8.24. The monoisotopic (exact) mass is 337 g/mol. The number of carboxylic acid groups (broad SMARTS) is 1. The van der Waals surface area contributed by atoms with Gasteiger partial charge in [0.1, 0.15) is 5.41 Å². The molecule has 0 radical (unpaired) electrons. The summed E-state index contributed by atoms with van der Waals surface area (Å²) >= 11 is 0. The third-order valence-corrected chi connectivity index (χ3v) is 5.13. The summed E-state index contributed by atoms with van der Waals surface area (Å²) in [5.41, 5.74) is 1.73. The number of methoxy groups -OCH3 is 1. The van der Waals surface area contributed by atoms with Crippen LogP contribution < -0.4 is 0 Å². The van der Waals surface area contributed by atoms with Gasteiger partial charge in [-0.15, -0.1) is 0 Å². The number of amides is 1. The highest BCUT2D eigenvalue weighted by Crippen LogP contribution is 2.33. The van der Waals surface area contributed by atoms with E-state index in [9.17, 15) is 14.7 Å². The first kappa shape index (κ1) is 18.4. The van der Waals surface area contributed by atoms with E-state index < -0.39 is 11.4 Å². The van der Waals surface area contributed by atoms with Crippen molar-refractivity contribution in [1.82, 2.24) is 14.7 Å². The first-order valence-electron chi connectivity index (χ1n) is 8.24. The number of hydrogen-bond acceptors (Lipinski definition) is 4. The fourth-order valence-electron chi connectivity index (χ4n) is 3.76. The lowest BCUT2D eigenvalue weighted by Crippen LogP contribution is -2.52. The molecule has 0 aromatic carbocycles. The fraction of sp³-hybridized carbons (Fsp3) is 0.706. The number of hydrogen-bond donors (Lipinski definition) is 1. The van der Waals surface area contributed by atoms with Crippen molar-refractivity contribution >= 4 is 11.9 Å². The minimum atomic E-state index is -1.01. The molecule has 0 spiro atoms. The molecule has 1 saturated heterocycles. The predicted molar refractivity (Wildman–Crippen MR) is 88.9 cm³/mol. The van der Waals surface area contributed by atoms with Crippen LogP contribution in [0, 0.1) is 19.3 Å². The van der Waals surface area contributed by atoms with Crippen molar-refractivity contribution in [3.63, 3.8) is 0 Å². The zero-order chi connectivity index (χ0) is 18.1. The van der Waals surface area contributed by atoms with Crippen molar-refractivity contribution in [2.75, 3.05) is 26.8 Å². The van der Waals surface area contributed by atoms with Crippen LogP contribution >= 0.6 is 0 Å². The van der Waals surface area contributed by atoms with Crippen LogP contribution in [0.1, 0.15) is 42.6 Å². The van der Waals surface area contributed by atoms with Crippen LogP contribution in [-0.4, -0.2) is 58.5 Å². The standard InChI is InChI=1S/C17H27N3O4/c1-11(14-12(2)18-19(4)13(14)3)15(21)20-8-6-7-17(9-20,10-24-5)16(22)23/h11H,6-10H2,1-5H3,(H,22,23). The zero-order valence-corrected chi connectivity index (χ0v) is 15.1. The molecule has 1 aliphatic heterocycles. The Hall–Kier alpha value is -1.89. The van der Waals surface area contributed by atoms with Gasteiger partial charge in [0.2, 0.25) is 5.91 Å². The van der Waals surface area contributed by atoms with E-state index in [2.05, 4.69) is 5.10 Å². The second-order valence-corrected chi connectivity index (χ2v) is 6.81. The average molecular weight is 337 g/mol. The third kappa shape index (κ3) is 3.17. The minimum Gasteiger partial charge on any atom is -0.481 e. The number of rotatable bonds is 5. The van der Waals surface area contributed by atoms with Gasteiger partial charge < -0.3 is 14.7 Å². The Labute approximate surface area is 142 Å². The minimum absolute atomic E-state index is 0.0457. The molecule has 1 aliphatic rings. The van der Waals surface area contributed by atoms with E-state index in [0.717, 1.165) is 17.0 Å². The summed E-state index contributed by atoms with van der Waals surface area (Å²) in [4.78, 5) is 26.4. The molecule has 2 atom stereocenters. The van der Waals surface area contributed by atoms with E-state index in [1.807, 2.05) is 27.8 Å². The summed E-state index contributed by atoms with van der Waals surface area (Å²) in [7, 11) is 3.36. The molecule has 0 bridgehead atoms. The third-order valence-electron chi connectivity index (χ3n) is 5.13. The number of aryl methyl sites for hydroxylation is 2. The molecule has 7 heteroatoms. The van der Waals surface area contributed by atoms with Gasteiger partial charge in [-0.25, -0.2) is 0 Å². The van der Waals surface area contributed by atoms with Gasteiger partial charge in [-0.05, 0) is 33.6 Å². The van der Waals surface area contributed by atoms with Crippen molar-refractivity contribution < 1.29 is 19.4 Å². The number of aliphatic carboxylic acids is 1. The molecule has 1 N–H and O–H groups in total. The topological polar surface area (TPSA) is 84.7 Å². The number of piperidine rings is 1. The maximum absolute atomic E-state index is 13.0. The lowest BCUT2D eigenvalue weighted by atomic mass is 9.80. The van der Waals surface area contributed by atoms with Gasteiger partial charge in [-0.2, -0.15) is 5.10 Å². The van der Waals surface area contributed by atoms with Crippen LogP contribution in [0.3, 0.4) is 0 Å². The zero-order valence-electron chi connectivity index (χ0n) is 15.1. The molecule has 1 fully saturated rings. The summed E-state index contributed by atoms with van der Waals surface area (Å²) in [6.07, 6.45) is 1.19. The van der Waals surface area contributed by atoms with Crippen molar-refractivity contribution in [2.24, 2.45) is 12.5 Å². The van der Waals surface area contributed by atoms with Gasteiger partial charge in [0.25, 0.3) is 0 Å².